The summed E-state index contributed by atoms with van der Waals surface area (Å²) in [5.74, 6) is 0. The van der Waals surface area contributed by atoms with Crippen LogP contribution in [0.15, 0.2) is 0 Å². The van der Waals surface area contributed by atoms with E-state index in [4.69, 9.17) is 9.47 Å². The van der Waals surface area contributed by atoms with Gasteiger partial charge in [-0.25, -0.2) is 0 Å². The van der Waals surface area contributed by atoms with Crippen LogP contribution in [-0.4, -0.2) is 39.0 Å². The lowest BCUT2D eigenvalue weighted by atomic mass is 9.85. The second-order valence-electron chi connectivity index (χ2n) is 4.65. The molecule has 96 valence electrons. The molecule has 0 amide bonds. The Labute approximate surface area is 99.9 Å². The van der Waals surface area contributed by atoms with Crippen LogP contribution >= 0.6 is 0 Å². The van der Waals surface area contributed by atoms with Gasteiger partial charge in [-0.3, -0.25) is 0 Å². The molecule has 0 aromatic heterocycles. The Kier molecular flexibility index (Phi) is 7.01. The lowest BCUT2D eigenvalue weighted by Crippen LogP contribution is -2.58. The largest absolute Gasteiger partial charge is 0.377 e. The first-order chi connectivity index (χ1) is 7.83. The van der Waals surface area contributed by atoms with Crippen molar-refractivity contribution >= 4 is 0 Å². The van der Waals surface area contributed by atoms with Crippen LogP contribution in [0.2, 0.25) is 0 Å². The Morgan fingerprint density at radius 1 is 1.19 bits per heavy atom. The number of hydrogen-bond acceptors (Lipinski definition) is 3. The Bertz CT molecular complexity index is 175. The van der Waals surface area contributed by atoms with Crippen molar-refractivity contribution in [3.63, 3.8) is 0 Å². The monoisotopic (exact) mass is 229 g/mol. The van der Waals surface area contributed by atoms with Crippen LogP contribution in [0.25, 0.3) is 0 Å². The lowest BCUT2D eigenvalue weighted by molar-refractivity contribution is -0.132. The maximum absolute atomic E-state index is 5.83. The molecule has 3 nitrogen and oxygen atoms in total. The number of rotatable bonds is 9. The smallest absolute Gasteiger partial charge is 0.0986 e. The van der Waals surface area contributed by atoms with Crippen molar-refractivity contribution in [3.05, 3.63) is 0 Å². The highest BCUT2D eigenvalue weighted by Crippen LogP contribution is 2.26. The zero-order valence-electron chi connectivity index (χ0n) is 11.0. The van der Waals surface area contributed by atoms with E-state index in [2.05, 4.69) is 12.2 Å². The van der Waals surface area contributed by atoms with Crippen LogP contribution in [0.5, 0.6) is 0 Å². The molecule has 1 rings (SSSR count). The minimum absolute atomic E-state index is 0.251. The molecule has 1 N–H and O–H groups in total. The highest BCUT2D eigenvalue weighted by Gasteiger charge is 2.41. The van der Waals surface area contributed by atoms with Gasteiger partial charge in [-0.2, -0.15) is 0 Å². The van der Waals surface area contributed by atoms with Crippen LogP contribution in [0, 0.1) is 0 Å². The topological polar surface area (TPSA) is 30.5 Å². The Hall–Kier alpha value is -0.120. The molecule has 0 aromatic rings. The third-order valence-corrected chi connectivity index (χ3v) is 3.47. The van der Waals surface area contributed by atoms with Gasteiger partial charge in [0.15, 0.2) is 0 Å². The van der Waals surface area contributed by atoms with Crippen molar-refractivity contribution in [1.29, 1.82) is 0 Å². The first-order valence-electron chi connectivity index (χ1n) is 6.65. The summed E-state index contributed by atoms with van der Waals surface area (Å²) in [7, 11) is 3.75. The summed E-state index contributed by atoms with van der Waals surface area (Å²) in [5, 5.41) is 3.25. The van der Waals surface area contributed by atoms with Gasteiger partial charge < -0.3 is 14.8 Å². The molecule has 0 aliphatic heterocycles. The molecule has 0 spiro atoms. The minimum atomic E-state index is 0.251. The molecule has 0 saturated heterocycles. The standard InChI is InChI=1S/C13H27NO2/c1-4-5-6-7-8-9-16-12-10-11(14-2)13(12)15-3/h11-14H,4-10H2,1-3H3. The number of nitrogens with one attached hydrogen (secondary N) is 1. The van der Waals surface area contributed by atoms with Gasteiger partial charge in [0.05, 0.1) is 12.2 Å². The van der Waals surface area contributed by atoms with Crippen molar-refractivity contribution < 1.29 is 9.47 Å². The van der Waals surface area contributed by atoms with Gasteiger partial charge in [0.1, 0.15) is 0 Å². The fourth-order valence-electron chi connectivity index (χ4n) is 2.28. The average molecular weight is 229 g/mol. The summed E-state index contributed by atoms with van der Waals surface area (Å²) in [6.45, 7) is 3.14. The predicted octanol–water partition coefficient (Wildman–Crippen LogP) is 2.35. The molecule has 3 atom stereocenters. The summed E-state index contributed by atoms with van der Waals surface area (Å²) in [5.41, 5.74) is 0. The fourth-order valence-corrected chi connectivity index (χ4v) is 2.28. The summed E-state index contributed by atoms with van der Waals surface area (Å²) in [6.07, 6.45) is 8.14. The van der Waals surface area contributed by atoms with Crippen LogP contribution in [0.4, 0.5) is 0 Å². The number of likely N-dealkylation sites (N-methyl/N-ethyl adjacent to an activating group) is 1. The van der Waals surface area contributed by atoms with E-state index in [0.29, 0.717) is 12.1 Å². The molecule has 1 fully saturated rings. The van der Waals surface area contributed by atoms with Crippen molar-refractivity contribution in [2.24, 2.45) is 0 Å². The highest BCUT2D eigenvalue weighted by atomic mass is 16.5. The van der Waals surface area contributed by atoms with Crippen molar-refractivity contribution in [2.75, 3.05) is 20.8 Å². The van der Waals surface area contributed by atoms with Gasteiger partial charge in [0.2, 0.25) is 0 Å². The second kappa shape index (κ2) is 8.04. The molecule has 1 saturated carbocycles. The van der Waals surface area contributed by atoms with Crippen LogP contribution in [-0.2, 0) is 9.47 Å². The zero-order chi connectivity index (χ0) is 11.8. The molecule has 3 heteroatoms. The zero-order valence-corrected chi connectivity index (χ0v) is 11.0. The lowest BCUT2D eigenvalue weighted by Gasteiger charge is -2.43. The van der Waals surface area contributed by atoms with E-state index in [0.717, 1.165) is 13.0 Å². The van der Waals surface area contributed by atoms with Gasteiger partial charge >= 0.3 is 0 Å². The van der Waals surface area contributed by atoms with E-state index in [1.165, 1.54) is 32.1 Å². The van der Waals surface area contributed by atoms with Gasteiger partial charge in [-0.15, -0.1) is 0 Å². The first-order valence-corrected chi connectivity index (χ1v) is 6.65. The average Bonchev–Trinajstić information content (AvgIpc) is 2.27. The molecule has 0 aromatic carbocycles. The molecule has 0 bridgehead atoms. The van der Waals surface area contributed by atoms with Gasteiger partial charge in [-0.05, 0) is 19.9 Å². The summed E-state index contributed by atoms with van der Waals surface area (Å²) >= 11 is 0. The molecule has 1 aliphatic carbocycles. The van der Waals surface area contributed by atoms with E-state index < -0.39 is 0 Å². The molecular weight excluding hydrogens is 202 g/mol. The maximum atomic E-state index is 5.83. The quantitative estimate of drug-likeness (QED) is 0.616. The third kappa shape index (κ3) is 4.04. The highest BCUT2D eigenvalue weighted by molar-refractivity contribution is 4.96. The van der Waals surface area contributed by atoms with E-state index in [9.17, 15) is 0 Å². The van der Waals surface area contributed by atoms with Gasteiger partial charge in [0.25, 0.3) is 0 Å². The SMILES string of the molecule is CCCCCCCOC1CC(NC)C1OC. The van der Waals surface area contributed by atoms with Gasteiger partial charge in [-0.1, -0.05) is 32.6 Å². The molecule has 16 heavy (non-hydrogen) atoms. The van der Waals surface area contributed by atoms with Crippen LogP contribution in [0.1, 0.15) is 45.4 Å². The van der Waals surface area contributed by atoms with E-state index in [1.807, 2.05) is 7.05 Å². The third-order valence-electron chi connectivity index (χ3n) is 3.47. The number of unbranched alkanes of at least 4 members (excludes halogenated alkanes) is 4. The fraction of sp³-hybridized carbons (Fsp3) is 1.00. The van der Waals surface area contributed by atoms with E-state index in [1.54, 1.807) is 7.11 Å². The Morgan fingerprint density at radius 2 is 1.94 bits per heavy atom. The van der Waals surface area contributed by atoms with Crippen molar-refractivity contribution in [2.45, 2.75) is 63.7 Å². The van der Waals surface area contributed by atoms with Crippen LogP contribution in [0.3, 0.4) is 0 Å². The second-order valence-corrected chi connectivity index (χ2v) is 4.65. The Balaban J connectivity index is 1.97. The summed E-state index contributed by atoms with van der Waals surface area (Å²) < 4.78 is 11.2. The molecule has 0 radical (unpaired) electrons. The molecular formula is C13H27NO2. The van der Waals surface area contributed by atoms with Crippen molar-refractivity contribution in [3.8, 4) is 0 Å². The number of ether oxygens (including phenoxy) is 2. The van der Waals surface area contributed by atoms with E-state index in [-0.39, 0.29) is 6.10 Å². The van der Waals surface area contributed by atoms with Crippen molar-refractivity contribution in [1.82, 2.24) is 5.32 Å². The minimum Gasteiger partial charge on any atom is -0.377 e. The molecule has 0 heterocycles. The summed E-state index contributed by atoms with van der Waals surface area (Å²) in [6, 6.07) is 0.482. The molecule has 1 aliphatic rings. The first kappa shape index (κ1) is 13.9. The number of hydrogen-bond donors (Lipinski definition) is 1. The van der Waals surface area contributed by atoms with E-state index >= 15 is 0 Å². The summed E-state index contributed by atoms with van der Waals surface area (Å²) in [4.78, 5) is 0. The predicted molar refractivity (Wildman–Crippen MR) is 66.8 cm³/mol. The number of methoxy groups -OCH3 is 1. The Morgan fingerprint density at radius 3 is 2.56 bits per heavy atom. The van der Waals surface area contributed by atoms with Gasteiger partial charge in [0, 0.05) is 19.8 Å². The molecule has 3 unspecified atom stereocenters. The van der Waals surface area contributed by atoms with Crippen LogP contribution < -0.4 is 5.32 Å². The maximum Gasteiger partial charge on any atom is 0.0986 e. The normalized spacial score (nSPS) is 29.1.